The van der Waals surface area contributed by atoms with E-state index in [9.17, 15) is 19.2 Å². The first kappa shape index (κ1) is 85.4. The molecular formula is C99H121ClN12O6. The lowest BCUT2D eigenvalue weighted by Gasteiger charge is -2.34. The second-order valence-electron chi connectivity index (χ2n) is 32.6. The highest BCUT2D eigenvalue weighted by Crippen LogP contribution is 2.31. The quantitative estimate of drug-likeness (QED) is 0.0408. The fourth-order valence-corrected chi connectivity index (χ4v) is 17.5. The maximum absolute atomic E-state index is 13.1. The van der Waals surface area contributed by atoms with Crippen LogP contribution in [-0.2, 0) is 26.2 Å². The van der Waals surface area contributed by atoms with Gasteiger partial charge in [-0.15, -0.1) is 0 Å². The molecule has 0 aliphatic carbocycles. The highest BCUT2D eigenvalue weighted by atomic mass is 35.5. The number of methoxy groups -OCH3 is 2. The van der Waals surface area contributed by atoms with Gasteiger partial charge in [0.2, 0.25) is 0 Å². The van der Waals surface area contributed by atoms with Crippen LogP contribution in [0, 0.1) is 30.6 Å². The molecule has 4 aliphatic rings. The van der Waals surface area contributed by atoms with Gasteiger partial charge in [-0.3, -0.25) is 38.8 Å². The number of hydrogen-bond acceptors (Lipinski definition) is 10. The summed E-state index contributed by atoms with van der Waals surface area (Å²) in [4.78, 5) is 83.3. The predicted molar refractivity (Wildman–Crippen MR) is 480 cm³/mol. The van der Waals surface area contributed by atoms with E-state index in [1.165, 1.54) is 27.8 Å². The molecule has 0 saturated carbocycles. The van der Waals surface area contributed by atoms with Crippen molar-refractivity contribution in [1.82, 2.24) is 59.1 Å². The second-order valence-corrected chi connectivity index (χ2v) is 33.0. The number of nitrogens with zero attached hydrogens (tertiary/aromatic N) is 8. The second kappa shape index (κ2) is 42.3. The molecule has 0 atom stereocenters. The Morgan fingerprint density at radius 3 is 0.932 bits per heavy atom. The van der Waals surface area contributed by atoms with E-state index in [1.807, 2.05) is 183 Å². The van der Waals surface area contributed by atoms with Gasteiger partial charge in [-0.1, -0.05) is 163 Å². The van der Waals surface area contributed by atoms with Crippen LogP contribution in [0.2, 0.25) is 5.02 Å². The van der Waals surface area contributed by atoms with Crippen molar-refractivity contribution in [1.29, 1.82) is 0 Å². The van der Waals surface area contributed by atoms with Gasteiger partial charge in [-0.2, -0.15) is 0 Å². The van der Waals surface area contributed by atoms with Crippen LogP contribution in [0.25, 0.3) is 43.6 Å². The number of likely N-dealkylation sites (tertiary alicyclic amines) is 4. The zero-order chi connectivity index (χ0) is 82.3. The molecule has 8 heterocycles. The molecule has 4 saturated heterocycles. The summed E-state index contributed by atoms with van der Waals surface area (Å²) in [5.74, 6) is 4.52. The van der Waals surface area contributed by atoms with E-state index in [2.05, 4.69) is 129 Å². The molecule has 118 heavy (non-hydrogen) atoms. The molecule has 4 aliphatic heterocycles. The summed E-state index contributed by atoms with van der Waals surface area (Å²) >= 11 is 6.31. The third-order valence-corrected chi connectivity index (χ3v) is 24.9. The van der Waals surface area contributed by atoms with Crippen molar-refractivity contribution in [3.05, 3.63) is 274 Å². The number of H-pyrrole nitrogens is 4. The number of benzene rings is 8. The number of carbonyl (C=O) groups is 4. The van der Waals surface area contributed by atoms with Crippen LogP contribution in [0.4, 0.5) is 0 Å². The van der Waals surface area contributed by atoms with Gasteiger partial charge in [-0.25, -0.2) is 0 Å². The SMILES string of the molecule is CCN(CC1CCN(Cc2ccc(C)cc2)CC1)C(=O)c1cc2ccccc2[nH]1.CCN(CC1CCN(Cc2ccc(OC)cc2)CC1)C(=O)c1cc2ccccc2[nH]1.CCN(CC1CCN(Cc2ccccc2Cl)CC1)C(=O)c1cc2ccccc2[nH]1.CCN(CC1CCN(Cc2ccccc2OC)CC1)C(=O)c1cc2ccccc2[nH]1. The average molecular weight is 1610 g/mol. The molecule has 4 aromatic heterocycles. The van der Waals surface area contributed by atoms with Crippen molar-refractivity contribution in [2.45, 2.75) is 112 Å². The average Bonchev–Trinajstić information content (AvgIpc) is 1.68. The number of nitrogens with one attached hydrogen (secondary N) is 4. The fourth-order valence-electron chi connectivity index (χ4n) is 17.3. The predicted octanol–water partition coefficient (Wildman–Crippen LogP) is 19.1. The van der Waals surface area contributed by atoms with Crippen LogP contribution >= 0.6 is 11.6 Å². The highest BCUT2D eigenvalue weighted by molar-refractivity contribution is 6.31. The van der Waals surface area contributed by atoms with Crippen LogP contribution in [0.1, 0.15) is 149 Å². The Bertz CT molecular complexity index is 5040. The number of halogens is 1. The zero-order valence-electron chi connectivity index (χ0n) is 70.3. The smallest absolute Gasteiger partial charge is 0.270 e. The van der Waals surface area contributed by atoms with E-state index in [1.54, 1.807) is 14.2 Å². The van der Waals surface area contributed by atoms with Crippen LogP contribution in [-0.4, -0.2) is 202 Å². The van der Waals surface area contributed by atoms with Gasteiger partial charge in [-0.05, 0) is 252 Å². The number of hydrogen-bond donors (Lipinski definition) is 4. The zero-order valence-corrected chi connectivity index (χ0v) is 71.1. The molecule has 0 bridgehead atoms. The number of aromatic amines is 4. The Morgan fingerprint density at radius 2 is 0.627 bits per heavy atom. The summed E-state index contributed by atoms with van der Waals surface area (Å²) in [6, 6.07) is 73.6. The number of piperidine rings is 4. The topological polar surface area (TPSA) is 176 Å². The minimum Gasteiger partial charge on any atom is -0.497 e. The van der Waals surface area contributed by atoms with E-state index in [4.69, 9.17) is 21.1 Å². The molecule has 620 valence electrons. The molecule has 0 spiro atoms. The molecule has 8 aromatic carbocycles. The summed E-state index contributed by atoms with van der Waals surface area (Å²) in [6.45, 7) is 29.1. The van der Waals surface area contributed by atoms with E-state index in [0.29, 0.717) is 46.4 Å². The molecule has 18 nitrogen and oxygen atoms in total. The maximum atomic E-state index is 13.1. The number of amides is 4. The Kier molecular flexibility index (Phi) is 30.6. The lowest BCUT2D eigenvalue weighted by molar-refractivity contribution is 0.0687. The van der Waals surface area contributed by atoms with E-state index < -0.39 is 0 Å². The molecule has 12 aromatic rings. The van der Waals surface area contributed by atoms with Gasteiger partial charge < -0.3 is 49.0 Å². The van der Waals surface area contributed by atoms with Crippen LogP contribution in [0.5, 0.6) is 11.5 Å². The Morgan fingerprint density at radius 1 is 0.347 bits per heavy atom. The van der Waals surface area contributed by atoms with Gasteiger partial charge in [0.15, 0.2) is 0 Å². The van der Waals surface area contributed by atoms with Crippen LogP contribution in [0.3, 0.4) is 0 Å². The van der Waals surface area contributed by atoms with E-state index in [0.717, 1.165) is 242 Å². The van der Waals surface area contributed by atoms with Crippen molar-refractivity contribution in [2.75, 3.05) is 119 Å². The van der Waals surface area contributed by atoms with Gasteiger partial charge in [0, 0.05) is 133 Å². The molecule has 16 rings (SSSR count). The number of para-hydroxylation sites is 5. The number of rotatable bonds is 26. The summed E-state index contributed by atoms with van der Waals surface area (Å²) in [7, 11) is 3.43. The third-order valence-electron chi connectivity index (χ3n) is 24.5. The number of fused-ring (bicyclic) bond motifs is 4. The van der Waals surface area contributed by atoms with E-state index >= 15 is 0 Å². The Balaban J connectivity index is 0.000000136. The van der Waals surface area contributed by atoms with E-state index in [-0.39, 0.29) is 23.6 Å². The number of aromatic nitrogens is 4. The lowest BCUT2D eigenvalue weighted by atomic mass is 9.95. The summed E-state index contributed by atoms with van der Waals surface area (Å²) in [5.41, 5.74) is 13.3. The standard InChI is InChI=1S/2C25H31N3O2.C25H31N3O.C24H28ClN3O/c1-3-28(25(29)23-16-20-8-4-6-10-22(20)26-23)17-19-12-14-27(15-13-19)18-21-9-5-7-11-24(21)30-2;1-3-28(25(29)24-16-21-6-4-5-7-23(21)26-24)18-20-12-14-27(15-13-20)17-19-8-10-22(30-2)11-9-19;1-3-28(25(29)24-16-22-6-4-5-7-23(22)26-24)18-21-12-14-27(15-13-21)17-20-10-8-19(2)9-11-20;1-2-28(24(29)23-15-19-7-4-6-10-22(19)26-23)16-18-11-13-27(14-12-18)17-20-8-3-5-9-21(20)25/h4-11,16,19,26H,3,12-15,17-18H2,1-2H3;4-11,16,20,26H,3,12-15,17-18H2,1-2H3;4-11,16,21,26H,3,12-15,17-18H2,1-2H3;3-10,15,18,26H,2,11-14,16-17H2,1H3. The van der Waals surface area contributed by atoms with Crippen molar-refractivity contribution in [2.24, 2.45) is 23.7 Å². The fraction of sp³-hybridized carbons (Fsp3) is 0.394. The summed E-state index contributed by atoms with van der Waals surface area (Å²) < 4.78 is 10.7. The lowest BCUT2D eigenvalue weighted by Crippen LogP contribution is -2.40. The number of ether oxygens (including phenoxy) is 2. The highest BCUT2D eigenvalue weighted by Gasteiger charge is 2.30. The monoisotopic (exact) mass is 1610 g/mol. The molecule has 4 fully saturated rings. The molecule has 4 amide bonds. The van der Waals surface area contributed by atoms with Crippen molar-refractivity contribution < 1.29 is 28.7 Å². The molecule has 0 unspecified atom stereocenters. The molecule has 0 radical (unpaired) electrons. The minimum absolute atomic E-state index is 0.0993. The first-order valence-corrected chi connectivity index (χ1v) is 43.4. The molecule has 19 heteroatoms. The Hall–Kier alpha value is -10.5. The minimum atomic E-state index is 0.0993. The number of aryl methyl sites for hydroxylation is 1. The number of carbonyl (C=O) groups excluding carboxylic acids is 4. The Labute approximate surface area is 702 Å². The largest absolute Gasteiger partial charge is 0.497 e. The summed E-state index contributed by atoms with van der Waals surface area (Å²) in [5, 5.41) is 5.19. The normalized spacial score (nSPS) is 15.5. The van der Waals surface area contributed by atoms with Gasteiger partial charge >= 0.3 is 0 Å². The van der Waals surface area contributed by atoms with Crippen molar-refractivity contribution >= 4 is 78.8 Å². The maximum Gasteiger partial charge on any atom is 0.270 e. The van der Waals surface area contributed by atoms with Crippen molar-refractivity contribution in [3.63, 3.8) is 0 Å². The van der Waals surface area contributed by atoms with Gasteiger partial charge in [0.1, 0.15) is 34.3 Å². The van der Waals surface area contributed by atoms with Gasteiger partial charge in [0.25, 0.3) is 23.6 Å². The summed E-state index contributed by atoms with van der Waals surface area (Å²) in [6.07, 6.45) is 9.03. The first-order chi connectivity index (χ1) is 57.6. The third kappa shape index (κ3) is 23.1. The molecule has 4 N–H and O–H groups in total. The van der Waals surface area contributed by atoms with Crippen LogP contribution in [0.15, 0.2) is 218 Å². The van der Waals surface area contributed by atoms with Gasteiger partial charge in [0.05, 0.1) is 14.2 Å². The van der Waals surface area contributed by atoms with Crippen molar-refractivity contribution in [3.8, 4) is 11.5 Å². The first-order valence-electron chi connectivity index (χ1n) is 43.0. The molecular weight excluding hydrogens is 1490 g/mol. The van der Waals surface area contributed by atoms with Crippen LogP contribution < -0.4 is 9.47 Å².